The highest BCUT2D eigenvalue weighted by atomic mass is 127. The molecule has 0 aliphatic heterocycles. The first-order valence-electron chi connectivity index (χ1n) is 9.49. The van der Waals surface area contributed by atoms with Crippen molar-refractivity contribution in [1.29, 1.82) is 0 Å². The minimum Gasteiger partial charge on any atom is -0.493 e. The predicted octanol–water partition coefficient (Wildman–Crippen LogP) is 5.84. The highest BCUT2D eigenvalue weighted by Gasteiger charge is 2.15. The minimum atomic E-state index is 0.119. The SMILES string of the molecule is COc1ccc(-c2nc(-c3ccc(OC(C)C)c(I)c3)no2)cc1OCC(C)C. The smallest absolute Gasteiger partial charge is 0.258 e. The molecule has 154 valence electrons. The van der Waals surface area contributed by atoms with Crippen LogP contribution < -0.4 is 14.2 Å². The first-order chi connectivity index (χ1) is 13.9. The van der Waals surface area contributed by atoms with Crippen LogP contribution in [0, 0.1) is 9.49 Å². The largest absolute Gasteiger partial charge is 0.493 e. The molecule has 0 amide bonds. The van der Waals surface area contributed by atoms with E-state index in [1.165, 1.54) is 0 Å². The zero-order chi connectivity index (χ0) is 21.0. The van der Waals surface area contributed by atoms with Crippen LogP contribution in [0.5, 0.6) is 17.2 Å². The van der Waals surface area contributed by atoms with Crippen LogP contribution >= 0.6 is 22.6 Å². The Morgan fingerprint density at radius 2 is 1.69 bits per heavy atom. The zero-order valence-corrected chi connectivity index (χ0v) is 19.4. The summed E-state index contributed by atoms with van der Waals surface area (Å²) in [6.45, 7) is 8.80. The Morgan fingerprint density at radius 1 is 0.966 bits per heavy atom. The fourth-order valence-electron chi connectivity index (χ4n) is 2.63. The van der Waals surface area contributed by atoms with E-state index in [0.29, 0.717) is 35.7 Å². The number of hydrogen-bond donors (Lipinski definition) is 0. The van der Waals surface area contributed by atoms with Crippen LogP contribution in [0.1, 0.15) is 27.7 Å². The maximum absolute atomic E-state index is 5.87. The van der Waals surface area contributed by atoms with E-state index in [1.54, 1.807) is 7.11 Å². The molecule has 0 atom stereocenters. The van der Waals surface area contributed by atoms with Gasteiger partial charge in [-0.25, -0.2) is 0 Å². The summed E-state index contributed by atoms with van der Waals surface area (Å²) in [6.07, 6.45) is 0.119. The topological polar surface area (TPSA) is 66.6 Å². The van der Waals surface area contributed by atoms with Crippen molar-refractivity contribution in [3.8, 4) is 40.1 Å². The molecule has 0 radical (unpaired) electrons. The van der Waals surface area contributed by atoms with Crippen molar-refractivity contribution < 1.29 is 18.7 Å². The van der Waals surface area contributed by atoms with Gasteiger partial charge in [-0.15, -0.1) is 0 Å². The van der Waals surface area contributed by atoms with E-state index in [2.05, 4.69) is 46.6 Å². The Bertz CT molecular complexity index is 969. The van der Waals surface area contributed by atoms with Crippen LogP contribution in [0.2, 0.25) is 0 Å². The molecule has 29 heavy (non-hydrogen) atoms. The van der Waals surface area contributed by atoms with Crippen molar-refractivity contribution in [1.82, 2.24) is 10.1 Å². The normalized spacial score (nSPS) is 11.2. The lowest BCUT2D eigenvalue weighted by molar-refractivity contribution is 0.240. The van der Waals surface area contributed by atoms with Crippen molar-refractivity contribution in [2.24, 2.45) is 5.92 Å². The number of benzene rings is 2. The number of methoxy groups -OCH3 is 1. The number of halogens is 1. The number of ether oxygens (including phenoxy) is 3. The lowest BCUT2D eigenvalue weighted by Gasteiger charge is -2.12. The zero-order valence-electron chi connectivity index (χ0n) is 17.2. The number of hydrogen-bond acceptors (Lipinski definition) is 6. The van der Waals surface area contributed by atoms with Gasteiger partial charge in [0.1, 0.15) is 5.75 Å². The summed E-state index contributed by atoms with van der Waals surface area (Å²) in [5, 5.41) is 4.14. The Balaban J connectivity index is 1.86. The number of nitrogens with zero attached hydrogens (tertiary/aromatic N) is 2. The van der Waals surface area contributed by atoms with Gasteiger partial charge in [0.05, 0.1) is 23.4 Å². The highest BCUT2D eigenvalue weighted by Crippen LogP contribution is 2.33. The molecular formula is C22H25IN2O4. The van der Waals surface area contributed by atoms with Gasteiger partial charge in [-0.2, -0.15) is 4.98 Å². The van der Waals surface area contributed by atoms with Crippen molar-refractivity contribution in [2.75, 3.05) is 13.7 Å². The van der Waals surface area contributed by atoms with Crippen LogP contribution in [-0.4, -0.2) is 30.0 Å². The fraction of sp³-hybridized carbons (Fsp3) is 0.364. The van der Waals surface area contributed by atoms with Gasteiger partial charge in [-0.1, -0.05) is 19.0 Å². The summed E-state index contributed by atoms with van der Waals surface area (Å²) in [7, 11) is 1.62. The number of rotatable bonds is 8. The van der Waals surface area contributed by atoms with Crippen molar-refractivity contribution >= 4 is 22.6 Å². The molecule has 0 bridgehead atoms. The molecule has 0 spiro atoms. The van der Waals surface area contributed by atoms with Crippen molar-refractivity contribution in [2.45, 2.75) is 33.8 Å². The van der Waals surface area contributed by atoms with Gasteiger partial charge in [0.25, 0.3) is 5.89 Å². The average Bonchev–Trinajstić information content (AvgIpc) is 3.17. The molecule has 0 aliphatic rings. The molecule has 2 aromatic carbocycles. The second kappa shape index (κ2) is 9.47. The molecule has 0 aliphatic carbocycles. The summed E-state index contributed by atoms with van der Waals surface area (Å²) in [4.78, 5) is 4.56. The standard InChI is InChI=1S/C22H25IN2O4/c1-13(2)12-27-20-11-16(7-9-19(20)26-5)22-24-21(25-29-22)15-6-8-18(17(23)10-15)28-14(3)4/h6-11,13-14H,12H2,1-5H3. The molecule has 0 saturated carbocycles. The highest BCUT2D eigenvalue weighted by molar-refractivity contribution is 14.1. The van der Waals surface area contributed by atoms with Crippen molar-refractivity contribution in [3.63, 3.8) is 0 Å². The predicted molar refractivity (Wildman–Crippen MR) is 121 cm³/mol. The molecule has 0 N–H and O–H groups in total. The summed E-state index contributed by atoms with van der Waals surface area (Å²) in [6, 6.07) is 11.4. The van der Waals surface area contributed by atoms with E-state index < -0.39 is 0 Å². The Hall–Kier alpha value is -2.29. The van der Waals surface area contributed by atoms with Gasteiger partial charge < -0.3 is 18.7 Å². The van der Waals surface area contributed by atoms with E-state index in [4.69, 9.17) is 18.7 Å². The van der Waals surface area contributed by atoms with Gasteiger partial charge >= 0.3 is 0 Å². The molecule has 3 aromatic rings. The monoisotopic (exact) mass is 508 g/mol. The summed E-state index contributed by atoms with van der Waals surface area (Å²) >= 11 is 2.25. The third-order valence-corrected chi connectivity index (χ3v) is 4.80. The van der Waals surface area contributed by atoms with Gasteiger partial charge in [0.15, 0.2) is 11.5 Å². The van der Waals surface area contributed by atoms with Crippen molar-refractivity contribution in [3.05, 3.63) is 40.0 Å². The minimum absolute atomic E-state index is 0.119. The maximum Gasteiger partial charge on any atom is 0.258 e. The first-order valence-corrected chi connectivity index (χ1v) is 10.6. The van der Waals surface area contributed by atoms with Gasteiger partial charge in [0, 0.05) is 11.1 Å². The second-order valence-corrected chi connectivity index (χ2v) is 8.47. The van der Waals surface area contributed by atoms with Crippen LogP contribution in [0.3, 0.4) is 0 Å². The maximum atomic E-state index is 5.87. The second-order valence-electron chi connectivity index (χ2n) is 7.31. The molecule has 1 aromatic heterocycles. The van der Waals surface area contributed by atoms with E-state index in [9.17, 15) is 0 Å². The molecular weight excluding hydrogens is 483 g/mol. The van der Waals surface area contributed by atoms with Crippen LogP contribution in [0.25, 0.3) is 22.8 Å². The first kappa shape index (κ1) is 21.4. The quantitative estimate of drug-likeness (QED) is 0.357. The van der Waals surface area contributed by atoms with E-state index in [-0.39, 0.29) is 6.10 Å². The van der Waals surface area contributed by atoms with Gasteiger partial charge in [-0.3, -0.25) is 0 Å². The third-order valence-electron chi connectivity index (χ3n) is 3.96. The Morgan fingerprint density at radius 3 is 2.34 bits per heavy atom. The molecule has 3 rings (SSSR count). The molecule has 0 fully saturated rings. The Kier molecular flexibility index (Phi) is 7.00. The number of aromatic nitrogens is 2. The molecule has 7 heteroatoms. The molecule has 0 unspecified atom stereocenters. The lowest BCUT2D eigenvalue weighted by atomic mass is 10.2. The van der Waals surface area contributed by atoms with Gasteiger partial charge in [0.2, 0.25) is 5.82 Å². The van der Waals surface area contributed by atoms with Crippen LogP contribution in [-0.2, 0) is 0 Å². The average molecular weight is 508 g/mol. The molecule has 1 heterocycles. The van der Waals surface area contributed by atoms with Gasteiger partial charge in [-0.05, 0) is 78.8 Å². The lowest BCUT2D eigenvalue weighted by Crippen LogP contribution is -2.06. The summed E-state index contributed by atoms with van der Waals surface area (Å²) in [5.74, 6) is 3.52. The van der Waals surface area contributed by atoms with E-state index in [1.807, 2.05) is 50.2 Å². The van der Waals surface area contributed by atoms with Crippen LogP contribution in [0.15, 0.2) is 40.9 Å². The summed E-state index contributed by atoms with van der Waals surface area (Å²) < 4.78 is 23.5. The summed E-state index contributed by atoms with van der Waals surface area (Å²) in [5.41, 5.74) is 1.64. The van der Waals surface area contributed by atoms with Crippen LogP contribution in [0.4, 0.5) is 0 Å². The van der Waals surface area contributed by atoms with E-state index in [0.717, 1.165) is 20.4 Å². The van der Waals surface area contributed by atoms with E-state index >= 15 is 0 Å². The molecule has 6 nitrogen and oxygen atoms in total. The Labute approximate surface area is 184 Å². The third kappa shape index (κ3) is 5.41. The fourth-order valence-corrected chi connectivity index (χ4v) is 3.27. The molecule has 0 saturated heterocycles.